The van der Waals surface area contributed by atoms with Crippen LogP contribution in [0.25, 0.3) is 16.8 Å². The average molecular weight is 342 g/mol. The lowest BCUT2D eigenvalue weighted by molar-refractivity contribution is -0.111. The van der Waals surface area contributed by atoms with Gasteiger partial charge in [-0.1, -0.05) is 28.1 Å². The normalized spacial score (nSPS) is 11.1. The van der Waals surface area contributed by atoms with Crippen molar-refractivity contribution in [2.45, 2.75) is 0 Å². The van der Waals surface area contributed by atoms with Gasteiger partial charge in [0.1, 0.15) is 5.76 Å². The zero-order chi connectivity index (χ0) is 14.7. The lowest BCUT2D eigenvalue weighted by Crippen LogP contribution is -2.07. The molecule has 0 aliphatic rings. The van der Waals surface area contributed by atoms with Crippen LogP contribution in [0.2, 0.25) is 0 Å². The van der Waals surface area contributed by atoms with Gasteiger partial charge >= 0.3 is 0 Å². The lowest BCUT2D eigenvalue weighted by atomic mass is 10.1. The van der Waals surface area contributed by atoms with E-state index in [1.165, 1.54) is 6.08 Å². The van der Waals surface area contributed by atoms with Crippen molar-refractivity contribution in [3.8, 4) is 0 Å². The van der Waals surface area contributed by atoms with Gasteiger partial charge in [-0.2, -0.15) is 0 Å². The van der Waals surface area contributed by atoms with Gasteiger partial charge in [0.2, 0.25) is 5.91 Å². The Morgan fingerprint density at radius 2 is 1.90 bits per heavy atom. The van der Waals surface area contributed by atoms with E-state index in [0.29, 0.717) is 5.76 Å². The molecule has 4 heteroatoms. The zero-order valence-electron chi connectivity index (χ0n) is 11.0. The number of halogens is 1. The number of anilines is 1. The molecule has 0 aliphatic carbocycles. The van der Waals surface area contributed by atoms with Crippen LogP contribution in [0, 0.1) is 0 Å². The molecular weight excluding hydrogens is 330 g/mol. The van der Waals surface area contributed by atoms with Gasteiger partial charge in [0, 0.05) is 16.2 Å². The van der Waals surface area contributed by atoms with E-state index in [0.717, 1.165) is 20.9 Å². The summed E-state index contributed by atoms with van der Waals surface area (Å²) < 4.78 is 6.17. The summed E-state index contributed by atoms with van der Waals surface area (Å²) in [7, 11) is 0. The minimum Gasteiger partial charge on any atom is -0.465 e. The molecular formula is C17H12BrNO2. The molecule has 2 aromatic carbocycles. The first kappa shape index (κ1) is 13.6. The summed E-state index contributed by atoms with van der Waals surface area (Å²) >= 11 is 3.44. The third kappa shape index (κ3) is 3.41. The lowest BCUT2D eigenvalue weighted by Gasteiger charge is -2.04. The highest BCUT2D eigenvalue weighted by Gasteiger charge is 2.01. The van der Waals surface area contributed by atoms with E-state index in [1.807, 2.05) is 36.4 Å². The van der Waals surface area contributed by atoms with Crippen LogP contribution in [-0.2, 0) is 4.79 Å². The monoisotopic (exact) mass is 341 g/mol. The second-order valence-electron chi connectivity index (χ2n) is 4.54. The second kappa shape index (κ2) is 5.97. The Kier molecular flexibility index (Phi) is 3.88. The van der Waals surface area contributed by atoms with E-state index >= 15 is 0 Å². The highest BCUT2D eigenvalue weighted by atomic mass is 79.9. The fraction of sp³-hybridized carbons (Fsp3) is 0. The Morgan fingerprint density at radius 1 is 1.10 bits per heavy atom. The van der Waals surface area contributed by atoms with Crippen LogP contribution in [0.1, 0.15) is 5.76 Å². The predicted octanol–water partition coefficient (Wildman–Crippen LogP) is 4.85. The highest BCUT2D eigenvalue weighted by molar-refractivity contribution is 9.10. The van der Waals surface area contributed by atoms with Crippen molar-refractivity contribution in [3.63, 3.8) is 0 Å². The van der Waals surface area contributed by atoms with E-state index < -0.39 is 0 Å². The van der Waals surface area contributed by atoms with E-state index in [2.05, 4.69) is 21.2 Å². The van der Waals surface area contributed by atoms with E-state index in [1.54, 1.807) is 24.5 Å². The standard InChI is InChI=1S/C17H12BrNO2/c18-14-5-3-13-11-15(6-4-12(13)10-14)19-17(20)8-7-16-2-1-9-21-16/h1-11H,(H,19,20)/b8-7+. The molecule has 0 aliphatic heterocycles. The number of amides is 1. The van der Waals surface area contributed by atoms with Crippen molar-refractivity contribution in [3.05, 3.63) is 71.1 Å². The van der Waals surface area contributed by atoms with Gasteiger partial charge in [-0.25, -0.2) is 0 Å². The number of hydrogen-bond acceptors (Lipinski definition) is 2. The van der Waals surface area contributed by atoms with Crippen LogP contribution in [0.3, 0.4) is 0 Å². The maximum atomic E-state index is 11.9. The van der Waals surface area contributed by atoms with Gasteiger partial charge in [-0.05, 0) is 53.2 Å². The minimum absolute atomic E-state index is 0.192. The number of hydrogen-bond donors (Lipinski definition) is 1. The SMILES string of the molecule is O=C(/C=C/c1ccco1)Nc1ccc2cc(Br)ccc2c1. The summed E-state index contributed by atoms with van der Waals surface area (Å²) in [6.07, 6.45) is 4.65. The maximum Gasteiger partial charge on any atom is 0.248 e. The Bertz CT molecular complexity index is 807. The molecule has 1 N–H and O–H groups in total. The summed E-state index contributed by atoms with van der Waals surface area (Å²) in [4.78, 5) is 11.9. The van der Waals surface area contributed by atoms with Crippen molar-refractivity contribution in [1.82, 2.24) is 0 Å². The predicted molar refractivity (Wildman–Crippen MR) is 88.0 cm³/mol. The van der Waals surface area contributed by atoms with Gasteiger partial charge < -0.3 is 9.73 Å². The first-order valence-electron chi connectivity index (χ1n) is 6.43. The van der Waals surface area contributed by atoms with E-state index in [4.69, 9.17) is 4.42 Å². The number of carbonyl (C=O) groups is 1. The smallest absolute Gasteiger partial charge is 0.248 e. The van der Waals surface area contributed by atoms with Crippen molar-refractivity contribution in [1.29, 1.82) is 0 Å². The van der Waals surface area contributed by atoms with Gasteiger partial charge in [-0.15, -0.1) is 0 Å². The molecule has 0 atom stereocenters. The molecule has 0 saturated heterocycles. The molecule has 0 fully saturated rings. The summed E-state index contributed by atoms with van der Waals surface area (Å²) in [5, 5.41) is 5.03. The second-order valence-corrected chi connectivity index (χ2v) is 5.46. The molecule has 0 saturated carbocycles. The van der Waals surface area contributed by atoms with Crippen molar-refractivity contribution < 1.29 is 9.21 Å². The Balaban J connectivity index is 1.75. The molecule has 104 valence electrons. The van der Waals surface area contributed by atoms with Gasteiger partial charge in [0.05, 0.1) is 6.26 Å². The first-order valence-corrected chi connectivity index (χ1v) is 7.22. The van der Waals surface area contributed by atoms with Crippen LogP contribution in [0.5, 0.6) is 0 Å². The fourth-order valence-electron chi connectivity index (χ4n) is 2.02. The topological polar surface area (TPSA) is 42.2 Å². The Labute approximate surface area is 130 Å². The van der Waals surface area contributed by atoms with Crippen LogP contribution in [0.15, 0.2) is 69.8 Å². The molecule has 3 aromatic rings. The van der Waals surface area contributed by atoms with E-state index in [9.17, 15) is 4.79 Å². The molecule has 0 bridgehead atoms. The van der Waals surface area contributed by atoms with Gasteiger partial charge in [0.25, 0.3) is 0 Å². The van der Waals surface area contributed by atoms with Crippen molar-refractivity contribution >= 4 is 44.4 Å². The minimum atomic E-state index is -0.192. The molecule has 21 heavy (non-hydrogen) atoms. The largest absolute Gasteiger partial charge is 0.465 e. The molecule has 3 nitrogen and oxygen atoms in total. The van der Waals surface area contributed by atoms with Gasteiger partial charge in [-0.3, -0.25) is 4.79 Å². The first-order chi connectivity index (χ1) is 10.2. The number of furan rings is 1. The number of fused-ring (bicyclic) bond motifs is 1. The summed E-state index contributed by atoms with van der Waals surface area (Å²) in [5.41, 5.74) is 0.763. The summed E-state index contributed by atoms with van der Waals surface area (Å²) in [6.45, 7) is 0. The van der Waals surface area contributed by atoms with Crippen molar-refractivity contribution in [2.24, 2.45) is 0 Å². The van der Waals surface area contributed by atoms with Gasteiger partial charge in [0.15, 0.2) is 0 Å². The number of carbonyl (C=O) groups excluding carboxylic acids is 1. The maximum absolute atomic E-state index is 11.9. The summed E-state index contributed by atoms with van der Waals surface area (Å²) in [5.74, 6) is 0.455. The molecule has 1 amide bonds. The molecule has 0 radical (unpaired) electrons. The Hall–Kier alpha value is -2.33. The van der Waals surface area contributed by atoms with Crippen LogP contribution >= 0.6 is 15.9 Å². The van der Waals surface area contributed by atoms with Crippen LogP contribution in [-0.4, -0.2) is 5.91 Å². The molecule has 1 heterocycles. The quantitative estimate of drug-likeness (QED) is 0.692. The average Bonchev–Trinajstić information content (AvgIpc) is 2.99. The third-order valence-corrected chi connectivity index (χ3v) is 3.51. The third-order valence-electron chi connectivity index (χ3n) is 3.01. The van der Waals surface area contributed by atoms with Crippen LogP contribution in [0.4, 0.5) is 5.69 Å². The number of benzene rings is 2. The fourth-order valence-corrected chi connectivity index (χ4v) is 2.40. The zero-order valence-corrected chi connectivity index (χ0v) is 12.6. The molecule has 1 aromatic heterocycles. The molecule has 0 unspecified atom stereocenters. The van der Waals surface area contributed by atoms with Crippen molar-refractivity contribution in [2.75, 3.05) is 5.32 Å². The highest BCUT2D eigenvalue weighted by Crippen LogP contribution is 2.23. The molecule has 3 rings (SSSR count). The van der Waals surface area contributed by atoms with E-state index in [-0.39, 0.29) is 5.91 Å². The number of rotatable bonds is 3. The van der Waals surface area contributed by atoms with Crippen LogP contribution < -0.4 is 5.32 Å². The Morgan fingerprint density at radius 3 is 2.71 bits per heavy atom. The summed E-state index contributed by atoms with van der Waals surface area (Å²) in [6, 6.07) is 15.4. The number of nitrogens with one attached hydrogen (secondary N) is 1. The molecule has 0 spiro atoms.